The molecule has 122 valence electrons. The van der Waals surface area contributed by atoms with Crippen molar-refractivity contribution in [1.82, 2.24) is 4.90 Å². The molecule has 1 aliphatic heterocycles. The van der Waals surface area contributed by atoms with Gasteiger partial charge in [-0.15, -0.1) is 0 Å². The Bertz CT molecular complexity index is 453. The topological polar surface area (TPSA) is 42.0 Å². The first-order valence-electron chi connectivity index (χ1n) is 7.99. The van der Waals surface area contributed by atoms with E-state index in [4.69, 9.17) is 9.47 Å². The number of hydrogen-bond acceptors (Lipinski definition) is 4. The van der Waals surface area contributed by atoms with Gasteiger partial charge in [-0.05, 0) is 30.7 Å². The lowest BCUT2D eigenvalue weighted by Crippen LogP contribution is -2.48. The fourth-order valence-corrected chi connectivity index (χ4v) is 2.58. The molecule has 0 aliphatic carbocycles. The van der Waals surface area contributed by atoms with E-state index in [0.29, 0.717) is 19.6 Å². The first kappa shape index (κ1) is 16.6. The summed E-state index contributed by atoms with van der Waals surface area (Å²) >= 11 is 0. The van der Waals surface area contributed by atoms with Gasteiger partial charge in [-0.2, -0.15) is 0 Å². The Hall–Kier alpha value is -1.75. The van der Waals surface area contributed by atoms with E-state index in [1.165, 1.54) is 5.69 Å². The molecule has 1 saturated heterocycles. The Labute approximate surface area is 132 Å². The summed E-state index contributed by atoms with van der Waals surface area (Å²) in [6, 6.07) is 8.12. The molecule has 22 heavy (non-hydrogen) atoms. The minimum atomic E-state index is 0.282. The lowest BCUT2D eigenvalue weighted by Gasteiger charge is -2.36. The average molecular weight is 306 g/mol. The van der Waals surface area contributed by atoms with Crippen molar-refractivity contribution < 1.29 is 14.3 Å². The number of piperazine rings is 1. The van der Waals surface area contributed by atoms with Gasteiger partial charge in [0, 0.05) is 45.4 Å². The molecule has 0 N–H and O–H groups in total. The van der Waals surface area contributed by atoms with Gasteiger partial charge in [0.1, 0.15) is 12.4 Å². The van der Waals surface area contributed by atoms with Gasteiger partial charge in [0.15, 0.2) is 0 Å². The predicted molar refractivity (Wildman–Crippen MR) is 87.5 cm³/mol. The summed E-state index contributed by atoms with van der Waals surface area (Å²) in [4.78, 5) is 16.2. The van der Waals surface area contributed by atoms with Crippen LogP contribution in [0.4, 0.5) is 5.69 Å². The lowest BCUT2D eigenvalue weighted by atomic mass is 10.2. The number of anilines is 1. The fraction of sp³-hybridized carbons (Fsp3) is 0.588. The van der Waals surface area contributed by atoms with Crippen molar-refractivity contribution in [3.8, 4) is 5.75 Å². The highest BCUT2D eigenvalue weighted by molar-refractivity contribution is 5.76. The van der Waals surface area contributed by atoms with Crippen LogP contribution in [0.2, 0.25) is 0 Å². The molecule has 1 aliphatic rings. The highest BCUT2D eigenvalue weighted by Crippen LogP contribution is 2.21. The minimum absolute atomic E-state index is 0.282. The molecule has 5 nitrogen and oxygen atoms in total. The standard InChI is InChI=1S/C17H26N2O3/c1-3-4-17(20)19-11-9-18(10-12-19)15-5-7-16(8-6-15)22-14-13-21-2/h5-8H,3-4,9-14H2,1-2H3. The molecule has 1 aromatic rings. The minimum Gasteiger partial charge on any atom is -0.491 e. The van der Waals surface area contributed by atoms with Crippen LogP contribution in [0.5, 0.6) is 5.75 Å². The summed E-state index contributed by atoms with van der Waals surface area (Å²) in [7, 11) is 1.66. The van der Waals surface area contributed by atoms with Gasteiger partial charge in [-0.3, -0.25) is 4.79 Å². The number of ether oxygens (including phenoxy) is 2. The zero-order chi connectivity index (χ0) is 15.8. The number of hydrogen-bond donors (Lipinski definition) is 0. The molecule has 1 heterocycles. The molecule has 1 aromatic carbocycles. The number of benzene rings is 1. The second-order valence-corrected chi connectivity index (χ2v) is 5.45. The zero-order valence-corrected chi connectivity index (χ0v) is 13.6. The molecule has 0 saturated carbocycles. The summed E-state index contributed by atoms with van der Waals surface area (Å²) in [6.45, 7) is 6.60. The van der Waals surface area contributed by atoms with Crippen LogP contribution in [0.15, 0.2) is 24.3 Å². The Kier molecular flexibility index (Phi) is 6.52. The summed E-state index contributed by atoms with van der Waals surface area (Å²) in [6.07, 6.45) is 1.58. The van der Waals surface area contributed by atoms with E-state index in [9.17, 15) is 4.79 Å². The highest BCUT2D eigenvalue weighted by Gasteiger charge is 2.20. The van der Waals surface area contributed by atoms with E-state index in [1.807, 2.05) is 24.0 Å². The fourth-order valence-electron chi connectivity index (χ4n) is 2.58. The van der Waals surface area contributed by atoms with Crippen LogP contribution in [0.25, 0.3) is 0 Å². The van der Waals surface area contributed by atoms with Crippen molar-refractivity contribution in [3.63, 3.8) is 0 Å². The van der Waals surface area contributed by atoms with Crippen LogP contribution >= 0.6 is 0 Å². The third-order valence-corrected chi connectivity index (χ3v) is 3.85. The van der Waals surface area contributed by atoms with Crippen molar-refractivity contribution in [2.75, 3.05) is 51.4 Å². The molecule has 0 spiro atoms. The maximum absolute atomic E-state index is 11.9. The van der Waals surface area contributed by atoms with E-state index >= 15 is 0 Å². The second-order valence-electron chi connectivity index (χ2n) is 5.45. The van der Waals surface area contributed by atoms with Gasteiger partial charge in [0.2, 0.25) is 5.91 Å². The maximum Gasteiger partial charge on any atom is 0.222 e. The molecule has 0 bridgehead atoms. The summed E-state index contributed by atoms with van der Waals surface area (Å²) in [5, 5.41) is 0. The van der Waals surface area contributed by atoms with Crippen LogP contribution in [-0.2, 0) is 9.53 Å². The van der Waals surface area contributed by atoms with E-state index in [-0.39, 0.29) is 5.91 Å². The number of carbonyl (C=O) groups excluding carboxylic acids is 1. The van der Waals surface area contributed by atoms with Crippen LogP contribution in [-0.4, -0.2) is 57.3 Å². The predicted octanol–water partition coefficient (Wildman–Crippen LogP) is 2.16. The Morgan fingerprint density at radius 1 is 1.09 bits per heavy atom. The Morgan fingerprint density at radius 3 is 2.36 bits per heavy atom. The first-order valence-corrected chi connectivity index (χ1v) is 7.99. The monoisotopic (exact) mass is 306 g/mol. The highest BCUT2D eigenvalue weighted by atomic mass is 16.5. The van der Waals surface area contributed by atoms with Crippen LogP contribution < -0.4 is 9.64 Å². The van der Waals surface area contributed by atoms with Crippen molar-refractivity contribution in [2.45, 2.75) is 19.8 Å². The molecule has 1 fully saturated rings. The van der Waals surface area contributed by atoms with Gasteiger partial charge in [0.05, 0.1) is 6.61 Å². The molecule has 2 rings (SSSR count). The second kappa shape index (κ2) is 8.63. The normalized spacial score (nSPS) is 15.0. The first-order chi connectivity index (χ1) is 10.7. The smallest absolute Gasteiger partial charge is 0.222 e. The Morgan fingerprint density at radius 2 is 1.77 bits per heavy atom. The number of methoxy groups -OCH3 is 1. The molecule has 0 unspecified atom stereocenters. The van der Waals surface area contributed by atoms with Gasteiger partial charge in [-0.25, -0.2) is 0 Å². The Balaban J connectivity index is 1.82. The average Bonchev–Trinajstić information content (AvgIpc) is 2.56. The van der Waals surface area contributed by atoms with Gasteiger partial charge < -0.3 is 19.3 Å². The van der Waals surface area contributed by atoms with Crippen molar-refractivity contribution in [2.24, 2.45) is 0 Å². The van der Waals surface area contributed by atoms with E-state index in [0.717, 1.165) is 38.3 Å². The maximum atomic E-state index is 11.9. The van der Waals surface area contributed by atoms with Crippen LogP contribution in [0.3, 0.4) is 0 Å². The van der Waals surface area contributed by atoms with Gasteiger partial charge >= 0.3 is 0 Å². The van der Waals surface area contributed by atoms with E-state index in [1.54, 1.807) is 7.11 Å². The third-order valence-electron chi connectivity index (χ3n) is 3.85. The number of rotatable bonds is 7. The number of nitrogens with zero attached hydrogens (tertiary/aromatic N) is 2. The molecule has 1 amide bonds. The molecule has 0 radical (unpaired) electrons. The van der Waals surface area contributed by atoms with Crippen molar-refractivity contribution >= 4 is 11.6 Å². The molecule has 5 heteroatoms. The van der Waals surface area contributed by atoms with Crippen molar-refractivity contribution in [3.05, 3.63) is 24.3 Å². The molecule has 0 atom stereocenters. The SMILES string of the molecule is CCCC(=O)N1CCN(c2ccc(OCCOC)cc2)CC1. The van der Waals surface area contributed by atoms with Crippen LogP contribution in [0, 0.1) is 0 Å². The quantitative estimate of drug-likeness (QED) is 0.724. The van der Waals surface area contributed by atoms with Crippen molar-refractivity contribution in [1.29, 1.82) is 0 Å². The largest absolute Gasteiger partial charge is 0.491 e. The van der Waals surface area contributed by atoms with Gasteiger partial charge in [-0.1, -0.05) is 6.92 Å². The molecular weight excluding hydrogens is 280 g/mol. The third kappa shape index (κ3) is 4.63. The summed E-state index contributed by atoms with van der Waals surface area (Å²) < 4.78 is 10.5. The van der Waals surface area contributed by atoms with Crippen LogP contribution in [0.1, 0.15) is 19.8 Å². The van der Waals surface area contributed by atoms with Gasteiger partial charge in [0.25, 0.3) is 0 Å². The molecule has 0 aromatic heterocycles. The summed E-state index contributed by atoms with van der Waals surface area (Å²) in [5.41, 5.74) is 1.18. The van der Waals surface area contributed by atoms with E-state index in [2.05, 4.69) is 17.0 Å². The molecular formula is C17H26N2O3. The lowest BCUT2D eigenvalue weighted by molar-refractivity contribution is -0.131. The number of carbonyl (C=O) groups is 1. The summed E-state index contributed by atoms with van der Waals surface area (Å²) in [5.74, 6) is 1.14. The number of amides is 1. The van der Waals surface area contributed by atoms with E-state index < -0.39 is 0 Å². The zero-order valence-electron chi connectivity index (χ0n) is 13.6.